The van der Waals surface area contributed by atoms with Crippen molar-refractivity contribution in [1.29, 1.82) is 0 Å². The highest BCUT2D eigenvalue weighted by Crippen LogP contribution is 2.40. The molecule has 1 fully saturated rings. The summed E-state index contributed by atoms with van der Waals surface area (Å²) in [6.45, 7) is 0. The lowest BCUT2D eigenvalue weighted by molar-refractivity contribution is 0.628. The summed E-state index contributed by atoms with van der Waals surface area (Å²) in [4.78, 5) is 13.3. The van der Waals surface area contributed by atoms with Crippen molar-refractivity contribution in [2.75, 3.05) is 0 Å². The highest BCUT2D eigenvalue weighted by Gasteiger charge is 2.24. The molecule has 98 valence electrons. The van der Waals surface area contributed by atoms with Crippen LogP contribution in [0.4, 0.5) is 4.39 Å². The minimum absolute atomic E-state index is 0.255. The number of pyridine rings is 1. The Morgan fingerprint density at radius 2 is 1.80 bits per heavy atom. The van der Waals surface area contributed by atoms with Crippen LogP contribution in [0.5, 0.6) is 0 Å². The van der Waals surface area contributed by atoms with Crippen LogP contribution >= 0.6 is 0 Å². The molecule has 1 aliphatic rings. The largest absolute Gasteiger partial charge is 0.251 e. The van der Waals surface area contributed by atoms with E-state index < -0.39 is 0 Å². The zero-order valence-electron chi connectivity index (χ0n) is 10.8. The second-order valence-electron chi connectivity index (χ2n) is 5.15. The molecule has 3 nitrogen and oxygen atoms in total. The van der Waals surface area contributed by atoms with Gasteiger partial charge in [0.05, 0.1) is 11.9 Å². The van der Waals surface area contributed by atoms with Gasteiger partial charge in [-0.1, -0.05) is 0 Å². The maximum Gasteiger partial charge on any atom is 0.178 e. The van der Waals surface area contributed by atoms with Gasteiger partial charge in [-0.15, -0.1) is 0 Å². The molecule has 0 saturated heterocycles. The van der Waals surface area contributed by atoms with Gasteiger partial charge in [-0.05, 0) is 54.7 Å². The fraction of sp³-hybridized carbons (Fsp3) is 0.188. The Bertz CT molecular complexity index is 779. The highest BCUT2D eigenvalue weighted by atomic mass is 19.1. The Morgan fingerprint density at radius 1 is 1.00 bits per heavy atom. The van der Waals surface area contributed by atoms with E-state index in [1.807, 2.05) is 6.20 Å². The summed E-state index contributed by atoms with van der Waals surface area (Å²) in [5, 5.41) is 0. The van der Waals surface area contributed by atoms with Crippen molar-refractivity contribution < 1.29 is 4.39 Å². The molecule has 0 amide bonds. The van der Waals surface area contributed by atoms with Crippen LogP contribution in [0.2, 0.25) is 0 Å². The Labute approximate surface area is 115 Å². The molecule has 0 radical (unpaired) electrons. The van der Waals surface area contributed by atoms with E-state index in [0.29, 0.717) is 17.3 Å². The third kappa shape index (κ3) is 2.03. The van der Waals surface area contributed by atoms with Crippen LogP contribution in [0.15, 0.2) is 42.7 Å². The van der Waals surface area contributed by atoms with Gasteiger partial charge in [0, 0.05) is 11.8 Å². The van der Waals surface area contributed by atoms with Crippen molar-refractivity contribution in [3.05, 3.63) is 54.1 Å². The van der Waals surface area contributed by atoms with Crippen molar-refractivity contribution in [3.8, 4) is 11.3 Å². The molecular formula is C16H12FN3. The van der Waals surface area contributed by atoms with Gasteiger partial charge in [-0.25, -0.2) is 14.4 Å². The van der Waals surface area contributed by atoms with Gasteiger partial charge in [-0.3, -0.25) is 4.98 Å². The summed E-state index contributed by atoms with van der Waals surface area (Å²) >= 11 is 0. The topological polar surface area (TPSA) is 38.7 Å². The number of benzene rings is 1. The van der Waals surface area contributed by atoms with Crippen molar-refractivity contribution in [3.63, 3.8) is 0 Å². The van der Waals surface area contributed by atoms with E-state index >= 15 is 0 Å². The summed E-state index contributed by atoms with van der Waals surface area (Å²) in [5.74, 6) is 0.403. The molecule has 2 aromatic heterocycles. The maximum absolute atomic E-state index is 12.9. The Kier molecular flexibility index (Phi) is 2.49. The normalized spacial score (nSPS) is 14.7. The molecule has 0 unspecified atom stereocenters. The van der Waals surface area contributed by atoms with Crippen LogP contribution in [0, 0.1) is 5.82 Å². The fourth-order valence-electron chi connectivity index (χ4n) is 2.32. The zero-order chi connectivity index (χ0) is 13.5. The fourth-order valence-corrected chi connectivity index (χ4v) is 2.32. The predicted molar refractivity (Wildman–Crippen MR) is 74.7 cm³/mol. The van der Waals surface area contributed by atoms with Crippen LogP contribution in [0.1, 0.15) is 24.3 Å². The molecular weight excluding hydrogens is 253 g/mol. The molecule has 20 heavy (non-hydrogen) atoms. The third-order valence-electron chi connectivity index (χ3n) is 3.61. The quantitative estimate of drug-likeness (QED) is 0.709. The van der Waals surface area contributed by atoms with Crippen molar-refractivity contribution in [2.24, 2.45) is 0 Å². The molecule has 0 bridgehead atoms. The van der Waals surface area contributed by atoms with Gasteiger partial charge >= 0.3 is 0 Å². The lowest BCUT2D eigenvalue weighted by Crippen LogP contribution is -1.93. The van der Waals surface area contributed by atoms with E-state index in [9.17, 15) is 4.39 Å². The summed E-state index contributed by atoms with van der Waals surface area (Å²) in [7, 11) is 0. The van der Waals surface area contributed by atoms with Crippen LogP contribution in [0.25, 0.3) is 22.4 Å². The molecule has 4 heteroatoms. The van der Waals surface area contributed by atoms with E-state index in [1.54, 1.807) is 18.3 Å². The second-order valence-corrected chi connectivity index (χ2v) is 5.15. The minimum Gasteiger partial charge on any atom is -0.251 e. The molecule has 1 aliphatic carbocycles. The lowest BCUT2D eigenvalue weighted by Gasteiger charge is -2.03. The minimum atomic E-state index is -0.255. The van der Waals surface area contributed by atoms with Crippen LogP contribution in [0.3, 0.4) is 0 Å². The second kappa shape index (κ2) is 4.34. The predicted octanol–water partition coefficient (Wildman–Crippen LogP) is 3.71. The van der Waals surface area contributed by atoms with Gasteiger partial charge in [0.25, 0.3) is 0 Å². The molecule has 0 spiro atoms. The number of rotatable bonds is 2. The monoisotopic (exact) mass is 265 g/mol. The summed E-state index contributed by atoms with van der Waals surface area (Å²) < 4.78 is 12.9. The first-order valence-corrected chi connectivity index (χ1v) is 6.68. The van der Waals surface area contributed by atoms with Crippen molar-refractivity contribution >= 4 is 11.2 Å². The van der Waals surface area contributed by atoms with E-state index in [0.717, 1.165) is 11.1 Å². The summed E-state index contributed by atoms with van der Waals surface area (Å²) in [5.41, 5.74) is 4.26. The maximum atomic E-state index is 12.9. The Balaban J connectivity index is 1.78. The van der Waals surface area contributed by atoms with Gasteiger partial charge in [-0.2, -0.15) is 0 Å². The molecule has 4 rings (SSSR count). The number of hydrogen-bond acceptors (Lipinski definition) is 3. The first-order chi connectivity index (χ1) is 9.79. The Hall–Kier alpha value is -2.36. The molecule has 3 aromatic rings. The number of nitrogens with zero attached hydrogens (tertiary/aromatic N) is 3. The average molecular weight is 265 g/mol. The number of fused-ring (bicyclic) bond motifs is 1. The molecule has 0 aliphatic heterocycles. The third-order valence-corrected chi connectivity index (χ3v) is 3.61. The van der Waals surface area contributed by atoms with Crippen LogP contribution < -0.4 is 0 Å². The smallest absolute Gasteiger partial charge is 0.178 e. The standard InChI is InChI=1S/C16H12FN3/c17-13-5-3-11(4-6-13)15-9-18-14-7-12(10-1-2-10)8-19-16(14)20-15/h3-10H,1-2H2. The molecule has 0 atom stereocenters. The molecule has 1 saturated carbocycles. The van der Waals surface area contributed by atoms with Gasteiger partial charge in [0.1, 0.15) is 11.3 Å². The molecule has 1 aromatic carbocycles. The highest BCUT2D eigenvalue weighted by molar-refractivity contribution is 5.74. The van der Waals surface area contributed by atoms with Gasteiger partial charge in [0.15, 0.2) is 5.65 Å². The summed E-state index contributed by atoms with van der Waals surface area (Å²) in [6, 6.07) is 8.31. The summed E-state index contributed by atoms with van der Waals surface area (Å²) in [6.07, 6.45) is 6.10. The average Bonchev–Trinajstić information content (AvgIpc) is 3.32. The zero-order valence-corrected chi connectivity index (χ0v) is 10.8. The number of hydrogen-bond donors (Lipinski definition) is 0. The van der Waals surface area contributed by atoms with Crippen LogP contribution in [-0.4, -0.2) is 15.0 Å². The van der Waals surface area contributed by atoms with E-state index in [1.165, 1.54) is 30.5 Å². The van der Waals surface area contributed by atoms with Crippen LogP contribution in [-0.2, 0) is 0 Å². The van der Waals surface area contributed by atoms with E-state index in [4.69, 9.17) is 0 Å². The number of aromatic nitrogens is 3. The first kappa shape index (κ1) is 11.5. The SMILES string of the molecule is Fc1ccc(-c2cnc3cc(C4CC4)cnc3n2)cc1. The molecule has 0 N–H and O–H groups in total. The van der Waals surface area contributed by atoms with Gasteiger partial charge < -0.3 is 0 Å². The van der Waals surface area contributed by atoms with E-state index in [-0.39, 0.29) is 5.82 Å². The van der Waals surface area contributed by atoms with Crippen molar-refractivity contribution in [1.82, 2.24) is 15.0 Å². The lowest BCUT2D eigenvalue weighted by atomic mass is 10.1. The Morgan fingerprint density at radius 3 is 2.55 bits per heavy atom. The number of halogens is 1. The van der Waals surface area contributed by atoms with Crippen molar-refractivity contribution in [2.45, 2.75) is 18.8 Å². The van der Waals surface area contributed by atoms with E-state index in [2.05, 4.69) is 21.0 Å². The van der Waals surface area contributed by atoms with Gasteiger partial charge in [0.2, 0.25) is 0 Å². The first-order valence-electron chi connectivity index (χ1n) is 6.68. The molecule has 2 heterocycles.